The second kappa shape index (κ2) is 7.88. The Balaban J connectivity index is 2.56. The summed E-state index contributed by atoms with van der Waals surface area (Å²) in [5, 5.41) is 3.33. The summed E-state index contributed by atoms with van der Waals surface area (Å²) < 4.78 is 5.00. The van der Waals surface area contributed by atoms with Gasteiger partial charge in [0, 0.05) is 6.04 Å². The molecule has 1 rings (SSSR count). The molecule has 0 bridgehead atoms. The highest BCUT2D eigenvalue weighted by Crippen LogP contribution is 2.08. The summed E-state index contributed by atoms with van der Waals surface area (Å²) in [5.41, 5.74) is 2.50. The molecular weight excluding hydrogens is 226 g/mol. The second-order valence-electron chi connectivity index (χ2n) is 4.45. The van der Waals surface area contributed by atoms with Crippen molar-refractivity contribution in [2.75, 3.05) is 13.2 Å². The lowest BCUT2D eigenvalue weighted by atomic mass is 10.0. The van der Waals surface area contributed by atoms with Gasteiger partial charge in [-0.3, -0.25) is 4.79 Å². The van der Waals surface area contributed by atoms with Crippen LogP contribution in [0.4, 0.5) is 0 Å². The SMILES string of the molecule is CCNC(CC(=O)OCC)Cc1ccc(C)cc1. The number of aryl methyl sites for hydroxylation is 1. The maximum absolute atomic E-state index is 11.5. The molecule has 1 aromatic carbocycles. The van der Waals surface area contributed by atoms with Crippen LogP contribution in [0.5, 0.6) is 0 Å². The van der Waals surface area contributed by atoms with Gasteiger partial charge in [0.1, 0.15) is 0 Å². The molecule has 3 nitrogen and oxygen atoms in total. The van der Waals surface area contributed by atoms with Gasteiger partial charge in [0.25, 0.3) is 0 Å². The third-order valence-electron chi connectivity index (χ3n) is 2.81. The zero-order chi connectivity index (χ0) is 13.4. The monoisotopic (exact) mass is 249 g/mol. The molecule has 0 saturated carbocycles. The average molecular weight is 249 g/mol. The molecule has 18 heavy (non-hydrogen) atoms. The Hall–Kier alpha value is -1.35. The fraction of sp³-hybridized carbons (Fsp3) is 0.533. The summed E-state index contributed by atoms with van der Waals surface area (Å²) in [7, 11) is 0. The lowest BCUT2D eigenvalue weighted by Gasteiger charge is -2.17. The summed E-state index contributed by atoms with van der Waals surface area (Å²) in [6.07, 6.45) is 1.28. The van der Waals surface area contributed by atoms with Crippen LogP contribution in [-0.2, 0) is 16.0 Å². The maximum atomic E-state index is 11.5. The Labute approximate surface area is 110 Å². The predicted octanol–water partition coefficient (Wildman–Crippen LogP) is 2.47. The van der Waals surface area contributed by atoms with Gasteiger partial charge < -0.3 is 10.1 Å². The molecule has 1 aromatic rings. The first-order chi connectivity index (χ1) is 8.65. The highest BCUT2D eigenvalue weighted by Gasteiger charge is 2.14. The molecule has 0 spiro atoms. The van der Waals surface area contributed by atoms with E-state index >= 15 is 0 Å². The third kappa shape index (κ3) is 5.32. The highest BCUT2D eigenvalue weighted by molar-refractivity contribution is 5.70. The number of carbonyl (C=O) groups is 1. The molecule has 100 valence electrons. The third-order valence-corrected chi connectivity index (χ3v) is 2.81. The van der Waals surface area contributed by atoms with Crippen LogP contribution in [0.1, 0.15) is 31.4 Å². The molecule has 0 aliphatic rings. The van der Waals surface area contributed by atoms with Crippen LogP contribution < -0.4 is 5.32 Å². The van der Waals surface area contributed by atoms with E-state index in [0.717, 1.165) is 13.0 Å². The van der Waals surface area contributed by atoms with Crippen LogP contribution in [-0.4, -0.2) is 25.2 Å². The first-order valence-electron chi connectivity index (χ1n) is 6.60. The van der Waals surface area contributed by atoms with Gasteiger partial charge in [-0.1, -0.05) is 36.8 Å². The van der Waals surface area contributed by atoms with Crippen molar-refractivity contribution >= 4 is 5.97 Å². The van der Waals surface area contributed by atoms with Gasteiger partial charge in [-0.25, -0.2) is 0 Å². The molecule has 3 heteroatoms. The topological polar surface area (TPSA) is 38.3 Å². The summed E-state index contributed by atoms with van der Waals surface area (Å²) in [6, 6.07) is 8.58. The smallest absolute Gasteiger partial charge is 0.307 e. The van der Waals surface area contributed by atoms with Gasteiger partial charge in [0.2, 0.25) is 0 Å². The van der Waals surface area contributed by atoms with Gasteiger partial charge in [-0.2, -0.15) is 0 Å². The second-order valence-corrected chi connectivity index (χ2v) is 4.45. The lowest BCUT2D eigenvalue weighted by Crippen LogP contribution is -2.33. The van der Waals surface area contributed by atoms with Crippen LogP contribution in [0, 0.1) is 6.92 Å². The molecule has 1 unspecified atom stereocenters. The highest BCUT2D eigenvalue weighted by atomic mass is 16.5. The number of ether oxygens (including phenoxy) is 1. The minimum Gasteiger partial charge on any atom is -0.466 e. The Bertz CT molecular complexity index is 359. The Morgan fingerprint density at radius 1 is 1.28 bits per heavy atom. The minimum atomic E-state index is -0.129. The van der Waals surface area contributed by atoms with Gasteiger partial charge in [0.05, 0.1) is 13.0 Å². The van der Waals surface area contributed by atoms with E-state index in [-0.39, 0.29) is 12.0 Å². The van der Waals surface area contributed by atoms with E-state index in [9.17, 15) is 4.79 Å². The van der Waals surface area contributed by atoms with Gasteiger partial charge >= 0.3 is 5.97 Å². The number of likely N-dealkylation sites (N-methyl/N-ethyl adjacent to an activating group) is 1. The number of rotatable bonds is 7. The van der Waals surface area contributed by atoms with E-state index in [1.165, 1.54) is 11.1 Å². The summed E-state index contributed by atoms with van der Waals surface area (Å²) >= 11 is 0. The van der Waals surface area contributed by atoms with Crippen molar-refractivity contribution in [1.82, 2.24) is 5.32 Å². The van der Waals surface area contributed by atoms with Crippen LogP contribution in [0.25, 0.3) is 0 Å². The number of benzene rings is 1. The zero-order valence-electron chi connectivity index (χ0n) is 11.5. The van der Waals surface area contributed by atoms with E-state index < -0.39 is 0 Å². The molecule has 0 saturated heterocycles. The average Bonchev–Trinajstić information content (AvgIpc) is 2.32. The predicted molar refractivity (Wildman–Crippen MR) is 73.6 cm³/mol. The molecular formula is C15H23NO2. The van der Waals surface area contributed by atoms with E-state index in [4.69, 9.17) is 4.74 Å². The largest absolute Gasteiger partial charge is 0.466 e. The van der Waals surface area contributed by atoms with Crippen molar-refractivity contribution in [2.45, 2.75) is 39.7 Å². The Kier molecular flexibility index (Phi) is 6.44. The molecule has 0 radical (unpaired) electrons. The van der Waals surface area contributed by atoms with E-state index in [1.807, 2.05) is 13.8 Å². The molecule has 0 fully saturated rings. The molecule has 0 aliphatic carbocycles. The van der Waals surface area contributed by atoms with Crippen molar-refractivity contribution in [1.29, 1.82) is 0 Å². The quantitative estimate of drug-likeness (QED) is 0.754. The number of hydrogen-bond acceptors (Lipinski definition) is 3. The van der Waals surface area contributed by atoms with E-state index in [0.29, 0.717) is 13.0 Å². The molecule has 0 aliphatic heterocycles. The zero-order valence-corrected chi connectivity index (χ0v) is 11.5. The fourth-order valence-electron chi connectivity index (χ4n) is 1.93. The van der Waals surface area contributed by atoms with Crippen LogP contribution in [0.3, 0.4) is 0 Å². The maximum Gasteiger partial charge on any atom is 0.307 e. The number of hydrogen-bond donors (Lipinski definition) is 1. The number of carbonyl (C=O) groups excluding carboxylic acids is 1. The molecule has 1 atom stereocenters. The van der Waals surface area contributed by atoms with E-state index in [1.54, 1.807) is 0 Å². The summed E-state index contributed by atoms with van der Waals surface area (Å²) in [6.45, 7) is 7.26. The number of nitrogens with one attached hydrogen (secondary N) is 1. The van der Waals surface area contributed by atoms with Crippen molar-refractivity contribution < 1.29 is 9.53 Å². The van der Waals surface area contributed by atoms with Crippen LogP contribution in [0.15, 0.2) is 24.3 Å². The van der Waals surface area contributed by atoms with Crippen molar-refractivity contribution in [3.8, 4) is 0 Å². The van der Waals surface area contributed by atoms with Crippen LogP contribution >= 0.6 is 0 Å². The Morgan fingerprint density at radius 2 is 1.94 bits per heavy atom. The molecule has 1 N–H and O–H groups in total. The van der Waals surface area contributed by atoms with Crippen LogP contribution in [0.2, 0.25) is 0 Å². The first kappa shape index (κ1) is 14.7. The van der Waals surface area contributed by atoms with Crippen molar-refractivity contribution in [2.24, 2.45) is 0 Å². The normalized spacial score (nSPS) is 12.2. The minimum absolute atomic E-state index is 0.129. The fourth-order valence-corrected chi connectivity index (χ4v) is 1.93. The van der Waals surface area contributed by atoms with Gasteiger partial charge in [0.15, 0.2) is 0 Å². The summed E-state index contributed by atoms with van der Waals surface area (Å²) in [4.78, 5) is 11.5. The van der Waals surface area contributed by atoms with E-state index in [2.05, 4.69) is 36.5 Å². The van der Waals surface area contributed by atoms with Crippen molar-refractivity contribution in [3.63, 3.8) is 0 Å². The molecule has 0 aromatic heterocycles. The number of esters is 1. The van der Waals surface area contributed by atoms with Gasteiger partial charge in [-0.05, 0) is 32.4 Å². The summed E-state index contributed by atoms with van der Waals surface area (Å²) in [5.74, 6) is -0.129. The molecule has 0 amide bonds. The Morgan fingerprint density at radius 3 is 2.50 bits per heavy atom. The molecule has 0 heterocycles. The van der Waals surface area contributed by atoms with Gasteiger partial charge in [-0.15, -0.1) is 0 Å². The standard InChI is InChI=1S/C15H23NO2/c1-4-16-14(11-15(17)18-5-2)10-13-8-6-12(3)7-9-13/h6-9,14,16H,4-5,10-11H2,1-3H3. The van der Waals surface area contributed by atoms with Crippen molar-refractivity contribution in [3.05, 3.63) is 35.4 Å². The first-order valence-corrected chi connectivity index (χ1v) is 6.60. The lowest BCUT2D eigenvalue weighted by molar-refractivity contribution is -0.143.